The summed E-state index contributed by atoms with van der Waals surface area (Å²) in [6.45, 7) is 2.54. The van der Waals surface area contributed by atoms with Gasteiger partial charge in [0.05, 0.1) is 0 Å². The summed E-state index contributed by atoms with van der Waals surface area (Å²) in [5, 5.41) is 12.6. The minimum atomic E-state index is -0.341. The van der Waals surface area contributed by atoms with Gasteiger partial charge in [0.1, 0.15) is 44.4 Å². The lowest BCUT2D eigenvalue weighted by Crippen LogP contribution is -2.13. The molecule has 0 spiro atoms. The van der Waals surface area contributed by atoms with Crippen molar-refractivity contribution in [1.29, 1.82) is 0 Å². The summed E-state index contributed by atoms with van der Waals surface area (Å²) in [6, 6.07) is 20.8. The van der Waals surface area contributed by atoms with Crippen molar-refractivity contribution in [2.75, 3.05) is 13.8 Å². The quantitative estimate of drug-likeness (QED) is 0.249. The fourth-order valence-electron chi connectivity index (χ4n) is 3.21. The Morgan fingerprint density at radius 1 is 0.788 bits per heavy atom. The van der Waals surface area contributed by atoms with E-state index in [0.29, 0.717) is 24.8 Å². The summed E-state index contributed by atoms with van der Waals surface area (Å²) >= 11 is 0. The smallest absolute Gasteiger partial charge is 0.170 e. The van der Waals surface area contributed by atoms with Gasteiger partial charge < -0.3 is 30.9 Å². The summed E-state index contributed by atoms with van der Waals surface area (Å²) in [4.78, 5) is 8.47. The summed E-state index contributed by atoms with van der Waals surface area (Å²) < 4.78 is 11.8. The summed E-state index contributed by atoms with van der Waals surface area (Å²) in [5.41, 5.74) is 16.3. The Bertz CT molecular complexity index is 1020. The molecule has 0 bridgehead atoms. The molecule has 8 nitrogen and oxygen atoms in total. The molecule has 0 aromatic heterocycles. The number of nitrogens with two attached hydrogens (primary N) is 2. The van der Waals surface area contributed by atoms with Crippen molar-refractivity contribution < 1.29 is 19.4 Å². The minimum Gasteiger partial charge on any atom is -0.489 e. The molecule has 0 unspecified atom stereocenters. The average Bonchev–Trinajstić information content (AvgIpc) is 2.82. The monoisotopic (exact) mass is 448 g/mol. The van der Waals surface area contributed by atoms with Gasteiger partial charge in [-0.2, -0.15) is 0 Å². The highest BCUT2D eigenvalue weighted by Gasteiger charge is 2.05. The molecule has 3 rings (SSSR count). The topological polar surface area (TPSA) is 125 Å². The van der Waals surface area contributed by atoms with Crippen molar-refractivity contribution in [3.63, 3.8) is 0 Å². The maximum Gasteiger partial charge on any atom is 0.170 e. The minimum absolute atomic E-state index is 0.286. The Hall–Kier alpha value is -4.04. The van der Waals surface area contributed by atoms with Gasteiger partial charge in [-0.1, -0.05) is 22.9 Å². The second-order valence-electron chi connectivity index (χ2n) is 7.30. The van der Waals surface area contributed by atoms with Gasteiger partial charge in [-0.15, -0.1) is 0 Å². The van der Waals surface area contributed by atoms with Crippen molar-refractivity contribution in [3.8, 4) is 11.5 Å². The predicted molar refractivity (Wildman–Crippen MR) is 128 cm³/mol. The van der Waals surface area contributed by atoms with E-state index in [0.717, 1.165) is 33.6 Å². The van der Waals surface area contributed by atoms with Crippen LogP contribution in [-0.4, -0.2) is 30.6 Å². The number of oxime groups is 1. The van der Waals surface area contributed by atoms with Gasteiger partial charge in [-0.3, -0.25) is 0 Å². The first-order valence-electron chi connectivity index (χ1n) is 10.3. The number of amidine groups is 2. The first-order valence-corrected chi connectivity index (χ1v) is 10.3. The third kappa shape index (κ3) is 6.98. The summed E-state index contributed by atoms with van der Waals surface area (Å²) in [7, 11) is 1.45. The second-order valence-corrected chi connectivity index (χ2v) is 7.30. The number of benzene rings is 3. The molecule has 0 atom stereocenters. The van der Waals surface area contributed by atoms with E-state index >= 15 is 0 Å². The predicted octanol–water partition coefficient (Wildman–Crippen LogP) is 3.07. The van der Waals surface area contributed by atoms with Crippen molar-refractivity contribution in [2.24, 2.45) is 21.6 Å². The maximum atomic E-state index is 8.85. The highest BCUT2D eigenvalue weighted by Crippen LogP contribution is 2.18. The molecule has 0 aliphatic carbocycles. The molecule has 0 radical (unpaired) electrons. The van der Waals surface area contributed by atoms with Crippen molar-refractivity contribution in [3.05, 3.63) is 94.5 Å². The molecule has 8 heteroatoms. The van der Waals surface area contributed by atoms with Crippen LogP contribution in [0.1, 0.15) is 27.8 Å². The van der Waals surface area contributed by atoms with Gasteiger partial charge in [0.15, 0.2) is 5.84 Å². The number of ether oxygens (including phenoxy) is 2. The molecule has 3 aromatic rings. The molecule has 0 heterocycles. The van der Waals surface area contributed by atoms with Crippen LogP contribution in [0.4, 0.5) is 0 Å². The van der Waals surface area contributed by atoms with Crippen molar-refractivity contribution in [2.45, 2.75) is 20.1 Å². The summed E-state index contributed by atoms with van der Waals surface area (Å²) in [5.74, 6) is 2.04. The number of aliphatic hydroxyl groups is 1. The Kier molecular flexibility index (Phi) is 8.26. The number of rotatable bonds is 10. The molecule has 0 saturated carbocycles. The van der Waals surface area contributed by atoms with Crippen LogP contribution >= 0.6 is 0 Å². The van der Waals surface area contributed by atoms with Crippen molar-refractivity contribution in [1.82, 2.24) is 0 Å². The lowest BCUT2D eigenvalue weighted by molar-refractivity contribution is 0.213. The highest BCUT2D eigenvalue weighted by molar-refractivity contribution is 5.97. The van der Waals surface area contributed by atoms with Crippen molar-refractivity contribution >= 4 is 11.7 Å². The molecule has 172 valence electrons. The fraction of sp³-hybridized carbons (Fsp3) is 0.200. The summed E-state index contributed by atoms with van der Waals surface area (Å²) in [6.07, 6.45) is 0. The number of hydrogen-bond acceptors (Lipinski definition) is 6. The zero-order valence-electron chi connectivity index (χ0n) is 18.7. The maximum absolute atomic E-state index is 8.85. The molecule has 5 N–H and O–H groups in total. The van der Waals surface area contributed by atoms with Crippen LogP contribution in [0.2, 0.25) is 0 Å². The zero-order chi connectivity index (χ0) is 23.6. The zero-order valence-corrected chi connectivity index (χ0v) is 18.7. The first-order chi connectivity index (χ1) is 16.0. The molecule has 33 heavy (non-hydrogen) atoms. The Labute approximate surface area is 193 Å². The fourth-order valence-corrected chi connectivity index (χ4v) is 3.21. The number of aliphatic hydroxyl groups excluding tert-OH is 1. The van der Waals surface area contributed by atoms with Gasteiger partial charge in [-0.25, -0.2) is 4.99 Å². The molecular weight excluding hydrogens is 420 g/mol. The first kappa shape index (κ1) is 23.6. The highest BCUT2D eigenvalue weighted by atomic mass is 16.6. The number of hydrogen-bond donors (Lipinski definition) is 3. The molecule has 0 aliphatic heterocycles. The Morgan fingerprint density at radius 3 is 1.73 bits per heavy atom. The van der Waals surface area contributed by atoms with Crippen LogP contribution in [-0.2, 0) is 18.1 Å². The third-order valence-corrected chi connectivity index (χ3v) is 4.74. The average molecular weight is 449 g/mol. The van der Waals surface area contributed by atoms with Crippen LogP contribution < -0.4 is 20.9 Å². The van der Waals surface area contributed by atoms with Crippen LogP contribution in [0.3, 0.4) is 0 Å². The number of nitrogens with zero attached hydrogens (tertiary/aromatic N) is 2. The largest absolute Gasteiger partial charge is 0.489 e. The van der Waals surface area contributed by atoms with E-state index < -0.39 is 0 Å². The lowest BCUT2D eigenvalue weighted by Gasteiger charge is -2.11. The molecule has 0 aliphatic rings. The van der Waals surface area contributed by atoms with E-state index in [2.05, 4.69) is 28.3 Å². The lowest BCUT2D eigenvalue weighted by atomic mass is 10.1. The molecule has 0 saturated heterocycles. The van der Waals surface area contributed by atoms with E-state index in [-0.39, 0.29) is 12.6 Å². The second kappa shape index (κ2) is 11.5. The van der Waals surface area contributed by atoms with Gasteiger partial charge in [0.25, 0.3) is 0 Å². The Balaban J connectivity index is 1.59. The van der Waals surface area contributed by atoms with Gasteiger partial charge >= 0.3 is 0 Å². The van der Waals surface area contributed by atoms with E-state index in [1.165, 1.54) is 7.11 Å². The molecule has 0 amide bonds. The number of aryl methyl sites for hydroxylation is 1. The standard InChI is InChI=1S/C25H28N4O4/c1-17-11-18(14-32-22-7-3-20(4-8-22)24(26)28-16-30)13-19(12-17)15-33-23-9-5-21(6-10-23)25(27)29-31-2/h3-13,30H,14-16H2,1-2H3,(H2,26,28)(H2,27,29). The molecule has 0 fully saturated rings. The van der Waals surface area contributed by atoms with Gasteiger partial charge in [0, 0.05) is 11.1 Å². The molecule has 3 aromatic carbocycles. The van der Waals surface area contributed by atoms with Crippen LogP contribution in [0.15, 0.2) is 76.9 Å². The molecular formula is C25H28N4O4. The normalized spacial score (nSPS) is 11.8. The van der Waals surface area contributed by atoms with E-state index in [1.54, 1.807) is 12.1 Å². The van der Waals surface area contributed by atoms with Crippen LogP contribution in [0, 0.1) is 6.92 Å². The van der Waals surface area contributed by atoms with E-state index in [1.807, 2.05) is 43.3 Å². The van der Waals surface area contributed by atoms with Gasteiger partial charge in [-0.05, 0) is 72.6 Å². The van der Waals surface area contributed by atoms with Crippen LogP contribution in [0.25, 0.3) is 0 Å². The van der Waals surface area contributed by atoms with Gasteiger partial charge in [0.2, 0.25) is 0 Å². The SMILES string of the molecule is CO/N=C(\N)c1ccc(OCc2cc(C)cc(COc3ccc(/C(N)=N/CO)cc3)c2)cc1. The third-order valence-electron chi connectivity index (χ3n) is 4.74. The Morgan fingerprint density at radius 2 is 1.27 bits per heavy atom. The van der Waals surface area contributed by atoms with Crippen LogP contribution in [0.5, 0.6) is 11.5 Å². The van der Waals surface area contributed by atoms with E-state index in [9.17, 15) is 0 Å². The number of aliphatic imine (C=N–C) groups is 1. The van der Waals surface area contributed by atoms with E-state index in [4.69, 9.17) is 30.9 Å².